The summed E-state index contributed by atoms with van der Waals surface area (Å²) in [6.45, 7) is 3.88. The van der Waals surface area contributed by atoms with Crippen molar-refractivity contribution in [2.45, 2.75) is 33.1 Å². The molecule has 4 aromatic rings. The first-order chi connectivity index (χ1) is 14.0. The second kappa shape index (κ2) is 7.83. The molecule has 0 saturated heterocycles. The van der Waals surface area contributed by atoms with Crippen LogP contribution >= 0.6 is 0 Å². The van der Waals surface area contributed by atoms with Crippen LogP contribution < -0.4 is 5.32 Å². The molecule has 0 spiro atoms. The number of carbonyl (C=O) groups is 1. The van der Waals surface area contributed by atoms with Gasteiger partial charge in [0.2, 0.25) is 5.82 Å². The summed E-state index contributed by atoms with van der Waals surface area (Å²) in [5.41, 5.74) is 3.00. The Kier molecular flexibility index (Phi) is 5.07. The predicted molar refractivity (Wildman–Crippen MR) is 109 cm³/mol. The maximum Gasteiger partial charge on any atom is 0.295 e. The lowest BCUT2D eigenvalue weighted by Gasteiger charge is -2.03. The number of unbranched alkanes of at least 4 members (excludes halogenated alkanes) is 1. The van der Waals surface area contributed by atoms with Crippen LogP contribution in [0.3, 0.4) is 0 Å². The first kappa shape index (κ1) is 18.8. The van der Waals surface area contributed by atoms with Gasteiger partial charge in [0.25, 0.3) is 5.91 Å². The fraction of sp³-hybridized carbons (Fsp3) is 0.238. The summed E-state index contributed by atoms with van der Waals surface area (Å²) in [5.74, 6) is 0.766. The molecule has 2 aromatic carbocycles. The smallest absolute Gasteiger partial charge is 0.295 e. The first-order valence-electron chi connectivity index (χ1n) is 9.53. The third-order valence-corrected chi connectivity index (χ3v) is 4.60. The molecule has 8 heteroatoms. The molecule has 0 atom stereocenters. The Bertz CT molecular complexity index is 1160. The van der Waals surface area contributed by atoms with E-state index >= 15 is 0 Å². The van der Waals surface area contributed by atoms with Gasteiger partial charge in [-0.3, -0.25) is 4.79 Å². The van der Waals surface area contributed by atoms with Gasteiger partial charge in [0.1, 0.15) is 17.5 Å². The largest absolute Gasteiger partial charge is 0.342 e. The van der Waals surface area contributed by atoms with Crippen LogP contribution in [0.25, 0.3) is 16.7 Å². The zero-order chi connectivity index (χ0) is 20.4. The van der Waals surface area contributed by atoms with Crippen LogP contribution in [0, 0.1) is 12.7 Å². The summed E-state index contributed by atoms with van der Waals surface area (Å²) >= 11 is 0. The van der Waals surface area contributed by atoms with Gasteiger partial charge in [-0.2, -0.15) is 0 Å². The van der Waals surface area contributed by atoms with E-state index in [1.807, 2.05) is 12.1 Å². The van der Waals surface area contributed by atoms with Gasteiger partial charge in [-0.25, -0.2) is 19.0 Å². The Morgan fingerprint density at radius 3 is 2.72 bits per heavy atom. The van der Waals surface area contributed by atoms with Crippen molar-refractivity contribution in [3.8, 4) is 5.69 Å². The zero-order valence-electron chi connectivity index (χ0n) is 16.2. The van der Waals surface area contributed by atoms with Crippen LogP contribution in [0.4, 0.5) is 10.1 Å². The number of H-pyrrole nitrogens is 1. The van der Waals surface area contributed by atoms with Gasteiger partial charge >= 0.3 is 0 Å². The van der Waals surface area contributed by atoms with E-state index in [4.69, 9.17) is 0 Å². The van der Waals surface area contributed by atoms with Gasteiger partial charge in [0.15, 0.2) is 0 Å². The number of anilines is 1. The van der Waals surface area contributed by atoms with Crippen molar-refractivity contribution in [2.75, 3.05) is 5.32 Å². The third-order valence-electron chi connectivity index (χ3n) is 4.60. The van der Waals surface area contributed by atoms with E-state index in [2.05, 4.69) is 32.3 Å². The Morgan fingerprint density at radius 1 is 1.17 bits per heavy atom. The summed E-state index contributed by atoms with van der Waals surface area (Å²) in [4.78, 5) is 24.7. The highest BCUT2D eigenvalue weighted by Crippen LogP contribution is 2.19. The SMILES string of the molecule is CCCCc1nc2ccc(NC(=O)c3nc(C)n(-c4ccc(F)cc4)n3)cc2[nH]1. The van der Waals surface area contributed by atoms with E-state index in [1.54, 1.807) is 25.1 Å². The fourth-order valence-corrected chi connectivity index (χ4v) is 3.10. The highest BCUT2D eigenvalue weighted by atomic mass is 19.1. The average molecular weight is 392 g/mol. The van der Waals surface area contributed by atoms with Gasteiger partial charge in [-0.15, -0.1) is 5.10 Å². The summed E-state index contributed by atoms with van der Waals surface area (Å²) in [5, 5.41) is 7.08. The molecule has 0 bridgehead atoms. The Balaban J connectivity index is 1.53. The van der Waals surface area contributed by atoms with Gasteiger partial charge in [-0.05, 0) is 55.8 Å². The number of hydrogen-bond donors (Lipinski definition) is 2. The number of aryl methyl sites for hydroxylation is 2. The summed E-state index contributed by atoms with van der Waals surface area (Å²) in [7, 11) is 0. The Morgan fingerprint density at radius 2 is 1.97 bits per heavy atom. The maximum atomic E-state index is 13.1. The highest BCUT2D eigenvalue weighted by Gasteiger charge is 2.16. The molecular formula is C21H21FN6O. The van der Waals surface area contributed by atoms with Crippen LogP contribution in [-0.4, -0.2) is 30.6 Å². The van der Waals surface area contributed by atoms with Crippen molar-refractivity contribution in [2.24, 2.45) is 0 Å². The second-order valence-electron chi connectivity index (χ2n) is 6.84. The molecule has 7 nitrogen and oxygen atoms in total. The van der Waals surface area contributed by atoms with Crippen molar-refractivity contribution in [1.82, 2.24) is 24.7 Å². The monoisotopic (exact) mass is 392 g/mol. The number of halogens is 1. The molecule has 4 rings (SSSR count). The van der Waals surface area contributed by atoms with Gasteiger partial charge in [0.05, 0.1) is 16.7 Å². The molecule has 0 fully saturated rings. The third kappa shape index (κ3) is 4.01. The van der Waals surface area contributed by atoms with Crippen molar-refractivity contribution in [1.29, 1.82) is 0 Å². The minimum Gasteiger partial charge on any atom is -0.342 e. The van der Waals surface area contributed by atoms with Crippen molar-refractivity contribution < 1.29 is 9.18 Å². The lowest BCUT2D eigenvalue weighted by molar-refractivity contribution is 0.101. The van der Waals surface area contributed by atoms with Crippen LogP contribution in [0.1, 0.15) is 42.0 Å². The topological polar surface area (TPSA) is 88.5 Å². The molecule has 0 aliphatic carbocycles. The average Bonchev–Trinajstić information content (AvgIpc) is 3.30. The van der Waals surface area contributed by atoms with Crippen LogP contribution in [0.5, 0.6) is 0 Å². The number of nitrogens with one attached hydrogen (secondary N) is 2. The fourth-order valence-electron chi connectivity index (χ4n) is 3.10. The molecular weight excluding hydrogens is 371 g/mol. The van der Waals surface area contributed by atoms with Crippen LogP contribution in [0.15, 0.2) is 42.5 Å². The molecule has 2 aromatic heterocycles. The van der Waals surface area contributed by atoms with E-state index in [-0.39, 0.29) is 11.6 Å². The van der Waals surface area contributed by atoms with E-state index in [1.165, 1.54) is 16.8 Å². The number of benzene rings is 2. The van der Waals surface area contributed by atoms with E-state index in [0.29, 0.717) is 17.2 Å². The molecule has 29 heavy (non-hydrogen) atoms. The van der Waals surface area contributed by atoms with E-state index in [9.17, 15) is 9.18 Å². The molecule has 148 valence electrons. The standard InChI is InChI=1S/C21H21FN6O/c1-3-4-5-19-25-17-11-8-15(12-18(17)26-19)24-21(29)20-23-13(2)28(27-20)16-9-6-14(22)7-10-16/h6-12H,3-5H2,1-2H3,(H,24,29)(H,25,26). The van der Waals surface area contributed by atoms with Gasteiger partial charge in [0, 0.05) is 12.1 Å². The lowest BCUT2D eigenvalue weighted by atomic mass is 10.2. The Labute approximate surface area is 167 Å². The number of fused-ring (bicyclic) bond motifs is 1. The number of aromatic nitrogens is 5. The highest BCUT2D eigenvalue weighted by molar-refractivity contribution is 6.02. The molecule has 0 aliphatic heterocycles. The molecule has 0 saturated carbocycles. The zero-order valence-corrected chi connectivity index (χ0v) is 16.2. The number of amides is 1. The quantitative estimate of drug-likeness (QED) is 0.515. The van der Waals surface area contributed by atoms with Crippen molar-refractivity contribution >= 4 is 22.6 Å². The van der Waals surface area contributed by atoms with E-state index < -0.39 is 5.91 Å². The van der Waals surface area contributed by atoms with Crippen LogP contribution in [-0.2, 0) is 6.42 Å². The van der Waals surface area contributed by atoms with Crippen molar-refractivity contribution in [3.63, 3.8) is 0 Å². The number of nitrogens with zero attached hydrogens (tertiary/aromatic N) is 4. The minimum absolute atomic E-state index is 0.0418. The number of imidazole rings is 1. The molecule has 0 unspecified atom stereocenters. The first-order valence-corrected chi connectivity index (χ1v) is 9.53. The normalized spacial score (nSPS) is 11.1. The maximum absolute atomic E-state index is 13.1. The Hall–Kier alpha value is -3.55. The summed E-state index contributed by atoms with van der Waals surface area (Å²) < 4.78 is 14.6. The number of carbonyl (C=O) groups excluding carboxylic acids is 1. The van der Waals surface area contributed by atoms with Gasteiger partial charge < -0.3 is 10.3 Å². The molecule has 0 aliphatic rings. The van der Waals surface area contributed by atoms with Crippen LogP contribution in [0.2, 0.25) is 0 Å². The predicted octanol–water partition coefficient (Wildman–Crippen LogP) is 4.19. The molecule has 0 radical (unpaired) electrons. The van der Waals surface area contributed by atoms with Crippen molar-refractivity contribution in [3.05, 3.63) is 65.8 Å². The molecule has 2 N–H and O–H groups in total. The second-order valence-corrected chi connectivity index (χ2v) is 6.84. The minimum atomic E-state index is -0.418. The summed E-state index contributed by atoms with van der Waals surface area (Å²) in [6, 6.07) is 11.4. The number of rotatable bonds is 6. The van der Waals surface area contributed by atoms with Gasteiger partial charge in [-0.1, -0.05) is 13.3 Å². The number of aromatic amines is 1. The van der Waals surface area contributed by atoms with E-state index in [0.717, 1.165) is 36.1 Å². The molecule has 1 amide bonds. The molecule has 2 heterocycles. The lowest BCUT2D eigenvalue weighted by Crippen LogP contribution is -2.14. The summed E-state index contributed by atoms with van der Waals surface area (Å²) in [6.07, 6.45) is 3.08. The number of hydrogen-bond acceptors (Lipinski definition) is 4.